The summed E-state index contributed by atoms with van der Waals surface area (Å²) in [5, 5.41) is 9.03. The van der Waals surface area contributed by atoms with Gasteiger partial charge in [0.2, 0.25) is 5.88 Å². The Bertz CT molecular complexity index is 612. The van der Waals surface area contributed by atoms with E-state index < -0.39 is 5.97 Å². The SMILES string of the molecule is CCc1nc(Cc2ccc(OC)nc2)ncc1C(=O)O. The molecule has 0 radical (unpaired) electrons. The van der Waals surface area contributed by atoms with Crippen LogP contribution in [0.15, 0.2) is 24.5 Å². The Balaban J connectivity index is 2.22. The van der Waals surface area contributed by atoms with Crippen LogP contribution in [0.2, 0.25) is 0 Å². The fourth-order valence-electron chi connectivity index (χ4n) is 1.81. The van der Waals surface area contributed by atoms with Crippen LogP contribution in [0.1, 0.15) is 34.4 Å². The molecule has 20 heavy (non-hydrogen) atoms. The molecule has 0 fully saturated rings. The molecular weight excluding hydrogens is 258 g/mol. The van der Waals surface area contributed by atoms with Crippen LogP contribution in [-0.2, 0) is 12.8 Å². The summed E-state index contributed by atoms with van der Waals surface area (Å²) in [5.41, 5.74) is 1.64. The minimum absolute atomic E-state index is 0.157. The van der Waals surface area contributed by atoms with Crippen LogP contribution >= 0.6 is 0 Å². The Morgan fingerprint density at radius 1 is 1.30 bits per heavy atom. The van der Waals surface area contributed by atoms with Crippen molar-refractivity contribution >= 4 is 5.97 Å². The van der Waals surface area contributed by atoms with Crippen molar-refractivity contribution in [1.82, 2.24) is 15.0 Å². The third-order valence-corrected chi connectivity index (χ3v) is 2.85. The molecular formula is C14H15N3O3. The highest BCUT2D eigenvalue weighted by atomic mass is 16.5. The largest absolute Gasteiger partial charge is 0.481 e. The van der Waals surface area contributed by atoms with E-state index in [-0.39, 0.29) is 5.56 Å². The number of aryl methyl sites for hydroxylation is 1. The van der Waals surface area contributed by atoms with Crippen LogP contribution in [0.5, 0.6) is 5.88 Å². The number of aromatic carboxylic acids is 1. The van der Waals surface area contributed by atoms with Crippen molar-refractivity contribution < 1.29 is 14.6 Å². The molecule has 0 aliphatic carbocycles. The molecule has 0 aromatic carbocycles. The van der Waals surface area contributed by atoms with Crippen molar-refractivity contribution in [2.24, 2.45) is 0 Å². The van der Waals surface area contributed by atoms with Gasteiger partial charge >= 0.3 is 5.97 Å². The lowest BCUT2D eigenvalue weighted by atomic mass is 10.1. The molecule has 104 valence electrons. The normalized spacial score (nSPS) is 10.3. The molecule has 0 aliphatic rings. The summed E-state index contributed by atoms with van der Waals surface area (Å²) in [6, 6.07) is 3.65. The Morgan fingerprint density at radius 3 is 2.65 bits per heavy atom. The summed E-state index contributed by atoms with van der Waals surface area (Å²) in [5.74, 6) is 0.128. The van der Waals surface area contributed by atoms with Crippen LogP contribution in [-0.4, -0.2) is 33.1 Å². The van der Waals surface area contributed by atoms with Crippen molar-refractivity contribution in [3.05, 3.63) is 47.2 Å². The molecule has 2 aromatic rings. The van der Waals surface area contributed by atoms with Crippen molar-refractivity contribution in [3.8, 4) is 5.88 Å². The molecule has 0 unspecified atom stereocenters. The van der Waals surface area contributed by atoms with Gasteiger partial charge in [-0.3, -0.25) is 0 Å². The first-order valence-electron chi connectivity index (χ1n) is 6.21. The predicted octanol–water partition coefficient (Wildman–Crippen LogP) is 1.73. The number of carboxylic acid groups (broad SMARTS) is 1. The highest BCUT2D eigenvalue weighted by Gasteiger charge is 2.12. The molecule has 2 rings (SSSR count). The summed E-state index contributed by atoms with van der Waals surface area (Å²) in [6.45, 7) is 1.87. The number of methoxy groups -OCH3 is 1. The third-order valence-electron chi connectivity index (χ3n) is 2.85. The summed E-state index contributed by atoms with van der Waals surface area (Å²) in [4.78, 5) is 23.5. The molecule has 6 nitrogen and oxygen atoms in total. The maximum absolute atomic E-state index is 11.0. The fourth-order valence-corrected chi connectivity index (χ4v) is 1.81. The predicted molar refractivity (Wildman–Crippen MR) is 72.0 cm³/mol. The molecule has 6 heteroatoms. The number of carbonyl (C=O) groups is 1. The van der Waals surface area contributed by atoms with Gasteiger partial charge in [-0.15, -0.1) is 0 Å². The average Bonchev–Trinajstić information content (AvgIpc) is 2.47. The number of pyridine rings is 1. The van der Waals surface area contributed by atoms with Crippen LogP contribution in [0.25, 0.3) is 0 Å². The van der Waals surface area contributed by atoms with Gasteiger partial charge in [0.25, 0.3) is 0 Å². The zero-order valence-corrected chi connectivity index (χ0v) is 11.3. The second-order valence-corrected chi connectivity index (χ2v) is 4.19. The van der Waals surface area contributed by atoms with Gasteiger partial charge in [-0.25, -0.2) is 19.7 Å². The zero-order valence-electron chi connectivity index (χ0n) is 11.3. The Morgan fingerprint density at radius 2 is 2.10 bits per heavy atom. The van der Waals surface area contributed by atoms with Crippen molar-refractivity contribution in [3.63, 3.8) is 0 Å². The maximum Gasteiger partial charge on any atom is 0.339 e. The van der Waals surface area contributed by atoms with Gasteiger partial charge in [-0.2, -0.15) is 0 Å². The molecule has 0 bridgehead atoms. The topological polar surface area (TPSA) is 85.2 Å². The minimum atomic E-state index is -1.00. The number of carboxylic acids is 1. The molecule has 2 aromatic heterocycles. The van der Waals surface area contributed by atoms with Gasteiger partial charge in [0.1, 0.15) is 5.82 Å². The lowest BCUT2D eigenvalue weighted by Crippen LogP contribution is -2.08. The summed E-state index contributed by atoms with van der Waals surface area (Å²) >= 11 is 0. The van der Waals surface area contributed by atoms with Crippen LogP contribution < -0.4 is 4.74 Å². The number of rotatable bonds is 5. The molecule has 0 amide bonds. The number of aromatic nitrogens is 3. The third kappa shape index (κ3) is 3.09. The molecule has 2 heterocycles. The molecule has 0 atom stereocenters. The molecule has 0 spiro atoms. The highest BCUT2D eigenvalue weighted by Crippen LogP contribution is 2.12. The van der Waals surface area contributed by atoms with Crippen LogP contribution in [0.4, 0.5) is 0 Å². The summed E-state index contributed by atoms with van der Waals surface area (Å²) < 4.78 is 4.99. The van der Waals surface area contributed by atoms with E-state index in [4.69, 9.17) is 9.84 Å². The van der Waals surface area contributed by atoms with E-state index in [2.05, 4.69) is 15.0 Å². The number of hydrogen-bond acceptors (Lipinski definition) is 5. The smallest absolute Gasteiger partial charge is 0.339 e. The molecule has 0 aliphatic heterocycles. The van der Waals surface area contributed by atoms with Crippen molar-refractivity contribution in [2.75, 3.05) is 7.11 Å². The second-order valence-electron chi connectivity index (χ2n) is 4.19. The van der Waals surface area contributed by atoms with Crippen molar-refractivity contribution in [2.45, 2.75) is 19.8 Å². The first kappa shape index (κ1) is 13.9. The number of nitrogens with zero attached hydrogens (tertiary/aromatic N) is 3. The second kappa shape index (κ2) is 6.10. The van der Waals surface area contributed by atoms with E-state index in [0.717, 1.165) is 5.56 Å². The average molecular weight is 273 g/mol. The van der Waals surface area contributed by atoms with Crippen molar-refractivity contribution in [1.29, 1.82) is 0 Å². The monoisotopic (exact) mass is 273 g/mol. The highest BCUT2D eigenvalue weighted by molar-refractivity contribution is 5.88. The van der Waals surface area contributed by atoms with Gasteiger partial charge in [0, 0.05) is 24.9 Å². The maximum atomic E-state index is 11.0. The molecule has 0 saturated heterocycles. The van der Waals surface area contributed by atoms with Gasteiger partial charge in [0.05, 0.1) is 18.4 Å². The standard InChI is InChI=1S/C14H15N3O3/c1-3-11-10(14(18)19)8-15-12(17-11)6-9-4-5-13(20-2)16-7-9/h4-5,7-8H,3,6H2,1-2H3,(H,18,19). The Hall–Kier alpha value is -2.50. The quantitative estimate of drug-likeness (QED) is 0.893. The fraction of sp³-hybridized carbons (Fsp3) is 0.286. The summed E-state index contributed by atoms with van der Waals surface area (Å²) in [7, 11) is 1.56. The first-order valence-corrected chi connectivity index (χ1v) is 6.21. The van der Waals surface area contributed by atoms with Gasteiger partial charge in [-0.05, 0) is 12.0 Å². The minimum Gasteiger partial charge on any atom is -0.481 e. The van der Waals surface area contributed by atoms with E-state index in [1.165, 1.54) is 6.20 Å². The van der Waals surface area contributed by atoms with E-state index >= 15 is 0 Å². The Kier molecular flexibility index (Phi) is 4.24. The van der Waals surface area contributed by atoms with Gasteiger partial charge in [0.15, 0.2) is 0 Å². The Labute approximate surface area is 116 Å². The first-order chi connectivity index (χ1) is 9.63. The number of ether oxygens (including phenoxy) is 1. The van der Waals surface area contributed by atoms with E-state index in [1.54, 1.807) is 19.4 Å². The van der Waals surface area contributed by atoms with Crippen LogP contribution in [0, 0.1) is 0 Å². The lowest BCUT2D eigenvalue weighted by molar-refractivity contribution is 0.0694. The zero-order chi connectivity index (χ0) is 14.5. The summed E-state index contributed by atoms with van der Waals surface area (Å²) in [6.07, 6.45) is 4.11. The lowest BCUT2D eigenvalue weighted by Gasteiger charge is -2.06. The van der Waals surface area contributed by atoms with E-state index in [0.29, 0.717) is 30.2 Å². The molecule has 1 N–H and O–H groups in total. The molecule has 0 saturated carbocycles. The van der Waals surface area contributed by atoms with Gasteiger partial charge in [-0.1, -0.05) is 13.0 Å². The van der Waals surface area contributed by atoms with Crippen LogP contribution in [0.3, 0.4) is 0 Å². The number of hydrogen-bond donors (Lipinski definition) is 1. The van der Waals surface area contributed by atoms with Gasteiger partial charge < -0.3 is 9.84 Å². The van der Waals surface area contributed by atoms with E-state index in [9.17, 15) is 4.79 Å². The van der Waals surface area contributed by atoms with E-state index in [1.807, 2.05) is 13.0 Å².